The molecule has 2 aliphatic heterocycles. The standard InChI is InChI=1S/C22H24O6/c1-24-18-5-3-15(11-20(18)25-2)10-17-16(13-28-22(17)23)9-14-4-6-19-21(12-14)27-8-7-26-19/h3-6,11-12,16-17H,7-10,13H2,1-2H3/t16-,17+/m0/s1. The summed E-state index contributed by atoms with van der Waals surface area (Å²) in [4.78, 5) is 12.4. The highest BCUT2D eigenvalue weighted by atomic mass is 16.6. The van der Waals surface area contributed by atoms with E-state index in [9.17, 15) is 4.79 Å². The summed E-state index contributed by atoms with van der Waals surface area (Å²) >= 11 is 0. The van der Waals surface area contributed by atoms with Gasteiger partial charge in [0.15, 0.2) is 23.0 Å². The molecular formula is C22H24O6. The number of fused-ring (bicyclic) bond motifs is 1. The maximum absolute atomic E-state index is 12.4. The lowest BCUT2D eigenvalue weighted by atomic mass is 9.85. The molecule has 0 saturated carbocycles. The first-order valence-corrected chi connectivity index (χ1v) is 9.44. The van der Waals surface area contributed by atoms with Gasteiger partial charge in [-0.25, -0.2) is 0 Å². The third-order valence-corrected chi connectivity index (χ3v) is 5.32. The fourth-order valence-corrected chi connectivity index (χ4v) is 3.84. The summed E-state index contributed by atoms with van der Waals surface area (Å²) in [5, 5.41) is 0. The van der Waals surface area contributed by atoms with E-state index >= 15 is 0 Å². The van der Waals surface area contributed by atoms with Crippen LogP contribution in [0.3, 0.4) is 0 Å². The number of hydrogen-bond donors (Lipinski definition) is 0. The summed E-state index contributed by atoms with van der Waals surface area (Å²) < 4.78 is 27.3. The second-order valence-corrected chi connectivity index (χ2v) is 7.07. The molecule has 0 spiro atoms. The summed E-state index contributed by atoms with van der Waals surface area (Å²) in [5.41, 5.74) is 2.14. The minimum absolute atomic E-state index is 0.114. The summed E-state index contributed by atoms with van der Waals surface area (Å²) in [5.74, 6) is 2.66. The van der Waals surface area contributed by atoms with Crippen LogP contribution in [-0.2, 0) is 22.4 Å². The molecule has 148 valence electrons. The Hall–Kier alpha value is -2.89. The molecule has 6 heteroatoms. The molecule has 0 radical (unpaired) electrons. The first-order valence-electron chi connectivity index (χ1n) is 9.44. The van der Waals surface area contributed by atoms with Crippen LogP contribution in [0.2, 0.25) is 0 Å². The van der Waals surface area contributed by atoms with Crippen molar-refractivity contribution in [1.29, 1.82) is 0 Å². The highest BCUT2D eigenvalue weighted by Gasteiger charge is 2.37. The molecule has 0 amide bonds. The van der Waals surface area contributed by atoms with Gasteiger partial charge >= 0.3 is 5.97 Å². The van der Waals surface area contributed by atoms with Crippen molar-refractivity contribution in [3.8, 4) is 23.0 Å². The third kappa shape index (κ3) is 3.72. The lowest BCUT2D eigenvalue weighted by molar-refractivity contribution is -0.141. The Balaban J connectivity index is 1.49. The van der Waals surface area contributed by atoms with E-state index < -0.39 is 0 Å². The first-order chi connectivity index (χ1) is 13.7. The van der Waals surface area contributed by atoms with Crippen molar-refractivity contribution in [1.82, 2.24) is 0 Å². The molecule has 0 aromatic heterocycles. The third-order valence-electron chi connectivity index (χ3n) is 5.32. The SMILES string of the molecule is COc1ccc(C[C@H]2C(=O)OC[C@@H]2Cc2ccc3c(c2)OCCO3)cc1OC. The Labute approximate surface area is 164 Å². The van der Waals surface area contributed by atoms with Gasteiger partial charge in [-0.1, -0.05) is 12.1 Å². The highest BCUT2D eigenvalue weighted by Crippen LogP contribution is 2.35. The number of benzene rings is 2. The maximum Gasteiger partial charge on any atom is 0.309 e. The van der Waals surface area contributed by atoms with Crippen molar-refractivity contribution in [3.63, 3.8) is 0 Å². The first kappa shape index (κ1) is 18.5. The number of ether oxygens (including phenoxy) is 5. The van der Waals surface area contributed by atoms with Crippen LogP contribution in [0.15, 0.2) is 36.4 Å². The Morgan fingerprint density at radius 2 is 1.57 bits per heavy atom. The van der Waals surface area contributed by atoms with Crippen molar-refractivity contribution >= 4 is 5.97 Å². The Bertz CT molecular complexity index is 862. The Morgan fingerprint density at radius 1 is 0.857 bits per heavy atom. The largest absolute Gasteiger partial charge is 0.493 e. The van der Waals surface area contributed by atoms with E-state index in [1.165, 1.54) is 0 Å². The van der Waals surface area contributed by atoms with E-state index in [-0.39, 0.29) is 17.8 Å². The Kier molecular flexibility index (Phi) is 5.28. The van der Waals surface area contributed by atoms with Crippen molar-refractivity contribution in [2.45, 2.75) is 12.8 Å². The molecule has 2 aromatic rings. The molecular weight excluding hydrogens is 360 g/mol. The van der Waals surface area contributed by atoms with E-state index in [4.69, 9.17) is 23.7 Å². The number of carbonyl (C=O) groups excluding carboxylic acids is 1. The molecule has 1 saturated heterocycles. The van der Waals surface area contributed by atoms with Gasteiger partial charge in [0.2, 0.25) is 0 Å². The molecule has 2 aliphatic rings. The van der Waals surface area contributed by atoms with Gasteiger partial charge in [0.25, 0.3) is 0 Å². The molecule has 0 bridgehead atoms. The molecule has 0 aliphatic carbocycles. The molecule has 2 atom stereocenters. The Morgan fingerprint density at radius 3 is 2.36 bits per heavy atom. The van der Waals surface area contributed by atoms with Gasteiger partial charge in [0.1, 0.15) is 13.2 Å². The lowest BCUT2D eigenvalue weighted by Crippen LogP contribution is -2.21. The van der Waals surface area contributed by atoms with Crippen LogP contribution >= 0.6 is 0 Å². The van der Waals surface area contributed by atoms with Crippen LogP contribution in [0.1, 0.15) is 11.1 Å². The average Bonchev–Trinajstić information content (AvgIpc) is 3.07. The predicted molar refractivity (Wildman–Crippen MR) is 102 cm³/mol. The van der Waals surface area contributed by atoms with Gasteiger partial charge in [-0.2, -0.15) is 0 Å². The number of hydrogen-bond acceptors (Lipinski definition) is 6. The number of esters is 1. The van der Waals surface area contributed by atoms with Crippen LogP contribution in [-0.4, -0.2) is 40.0 Å². The average molecular weight is 384 g/mol. The van der Waals surface area contributed by atoms with Gasteiger partial charge in [-0.15, -0.1) is 0 Å². The minimum atomic E-state index is -0.189. The van der Waals surface area contributed by atoms with E-state index in [0.29, 0.717) is 37.7 Å². The van der Waals surface area contributed by atoms with E-state index in [1.54, 1.807) is 14.2 Å². The van der Waals surface area contributed by atoms with Gasteiger partial charge in [0.05, 0.1) is 26.7 Å². The van der Waals surface area contributed by atoms with Gasteiger partial charge in [0, 0.05) is 5.92 Å². The van der Waals surface area contributed by atoms with Crippen molar-refractivity contribution in [2.24, 2.45) is 11.8 Å². The number of rotatable bonds is 6. The molecule has 6 nitrogen and oxygen atoms in total. The fourth-order valence-electron chi connectivity index (χ4n) is 3.84. The molecule has 2 aromatic carbocycles. The van der Waals surface area contributed by atoms with Crippen LogP contribution in [0.25, 0.3) is 0 Å². The zero-order valence-corrected chi connectivity index (χ0v) is 16.1. The second-order valence-electron chi connectivity index (χ2n) is 7.07. The summed E-state index contributed by atoms with van der Waals surface area (Å²) in [6, 6.07) is 11.7. The molecule has 28 heavy (non-hydrogen) atoms. The molecule has 1 fully saturated rings. The van der Waals surface area contributed by atoms with E-state index in [2.05, 4.69) is 0 Å². The summed E-state index contributed by atoms with van der Waals surface area (Å²) in [6.07, 6.45) is 1.36. The lowest BCUT2D eigenvalue weighted by Gasteiger charge is -2.20. The molecule has 0 unspecified atom stereocenters. The molecule has 4 rings (SSSR count). The zero-order chi connectivity index (χ0) is 19.5. The molecule has 2 heterocycles. The van der Waals surface area contributed by atoms with Crippen molar-refractivity contribution < 1.29 is 28.5 Å². The predicted octanol–water partition coefficient (Wildman–Crippen LogP) is 3.05. The topological polar surface area (TPSA) is 63.2 Å². The minimum Gasteiger partial charge on any atom is -0.493 e. The van der Waals surface area contributed by atoms with Crippen LogP contribution in [0.5, 0.6) is 23.0 Å². The monoisotopic (exact) mass is 384 g/mol. The highest BCUT2D eigenvalue weighted by molar-refractivity contribution is 5.75. The maximum atomic E-state index is 12.4. The smallest absolute Gasteiger partial charge is 0.309 e. The van der Waals surface area contributed by atoms with Gasteiger partial charge < -0.3 is 23.7 Å². The van der Waals surface area contributed by atoms with Crippen LogP contribution < -0.4 is 18.9 Å². The number of methoxy groups -OCH3 is 2. The number of carbonyl (C=O) groups is 1. The normalized spacial score (nSPS) is 20.6. The fraction of sp³-hybridized carbons (Fsp3) is 0.409. The zero-order valence-electron chi connectivity index (χ0n) is 16.1. The summed E-state index contributed by atoms with van der Waals surface area (Å²) in [7, 11) is 3.21. The summed E-state index contributed by atoms with van der Waals surface area (Å²) in [6.45, 7) is 1.57. The van der Waals surface area contributed by atoms with Crippen molar-refractivity contribution in [3.05, 3.63) is 47.5 Å². The quantitative estimate of drug-likeness (QED) is 0.714. The van der Waals surface area contributed by atoms with Gasteiger partial charge in [-0.05, 0) is 48.2 Å². The van der Waals surface area contributed by atoms with Gasteiger partial charge in [-0.3, -0.25) is 4.79 Å². The van der Waals surface area contributed by atoms with Crippen molar-refractivity contribution in [2.75, 3.05) is 34.0 Å². The van der Waals surface area contributed by atoms with Crippen LogP contribution in [0.4, 0.5) is 0 Å². The van der Waals surface area contributed by atoms with Crippen LogP contribution in [0, 0.1) is 11.8 Å². The molecule has 0 N–H and O–H groups in total. The van der Waals surface area contributed by atoms with E-state index in [0.717, 1.165) is 29.0 Å². The number of cyclic esters (lactones) is 1. The van der Waals surface area contributed by atoms with E-state index in [1.807, 2.05) is 36.4 Å². The second kappa shape index (κ2) is 8.00.